The number of ether oxygens (including phenoxy) is 1. The highest BCUT2D eigenvalue weighted by Gasteiger charge is 2.19. The summed E-state index contributed by atoms with van der Waals surface area (Å²) in [4.78, 5) is 11.2. The Morgan fingerprint density at radius 1 is 1.53 bits per heavy atom. The van der Waals surface area contributed by atoms with Crippen molar-refractivity contribution in [2.75, 3.05) is 13.2 Å². The molecule has 0 aliphatic rings. The first-order valence-corrected chi connectivity index (χ1v) is 6.09. The van der Waals surface area contributed by atoms with Crippen LogP contribution in [0, 0.1) is 0 Å². The lowest BCUT2D eigenvalue weighted by molar-refractivity contribution is -0.139. The summed E-state index contributed by atoms with van der Waals surface area (Å²) >= 11 is 5.86. The second-order valence-electron chi connectivity index (χ2n) is 3.78. The first-order valence-electron chi connectivity index (χ1n) is 5.71. The van der Waals surface area contributed by atoms with E-state index in [-0.39, 0.29) is 0 Å². The fourth-order valence-electron chi connectivity index (χ4n) is 1.69. The van der Waals surface area contributed by atoms with Gasteiger partial charge in [-0.15, -0.1) is 0 Å². The lowest BCUT2D eigenvalue weighted by Crippen LogP contribution is -2.12. The zero-order chi connectivity index (χ0) is 12.7. The SMILES string of the molecule is CCOCCCC(C(=O)O)c1cccc(Cl)c1. The van der Waals surface area contributed by atoms with Gasteiger partial charge in [0.2, 0.25) is 0 Å². The molecule has 0 amide bonds. The van der Waals surface area contributed by atoms with E-state index in [9.17, 15) is 9.90 Å². The Hall–Kier alpha value is -1.06. The molecule has 0 heterocycles. The summed E-state index contributed by atoms with van der Waals surface area (Å²) < 4.78 is 5.20. The van der Waals surface area contributed by atoms with E-state index in [2.05, 4.69) is 0 Å². The van der Waals surface area contributed by atoms with E-state index in [1.807, 2.05) is 6.92 Å². The van der Waals surface area contributed by atoms with Gasteiger partial charge in [0.1, 0.15) is 0 Å². The molecule has 1 N–H and O–H groups in total. The van der Waals surface area contributed by atoms with E-state index >= 15 is 0 Å². The molecule has 1 unspecified atom stereocenters. The molecule has 0 saturated carbocycles. The van der Waals surface area contributed by atoms with Gasteiger partial charge in [0.05, 0.1) is 5.92 Å². The summed E-state index contributed by atoms with van der Waals surface area (Å²) in [5.74, 6) is -1.32. The van der Waals surface area contributed by atoms with Crippen LogP contribution in [-0.4, -0.2) is 24.3 Å². The first kappa shape index (κ1) is 14.0. The molecule has 0 aliphatic carbocycles. The molecule has 1 aromatic carbocycles. The van der Waals surface area contributed by atoms with Crippen LogP contribution in [0.15, 0.2) is 24.3 Å². The number of hydrogen-bond acceptors (Lipinski definition) is 2. The highest BCUT2D eigenvalue weighted by atomic mass is 35.5. The van der Waals surface area contributed by atoms with Crippen molar-refractivity contribution in [1.29, 1.82) is 0 Å². The third kappa shape index (κ3) is 4.75. The van der Waals surface area contributed by atoms with E-state index < -0.39 is 11.9 Å². The molecular formula is C13H17ClO3. The van der Waals surface area contributed by atoms with Crippen LogP contribution < -0.4 is 0 Å². The largest absolute Gasteiger partial charge is 0.481 e. The van der Waals surface area contributed by atoms with Crippen LogP contribution in [0.5, 0.6) is 0 Å². The van der Waals surface area contributed by atoms with Crippen LogP contribution >= 0.6 is 11.6 Å². The maximum atomic E-state index is 11.2. The highest BCUT2D eigenvalue weighted by molar-refractivity contribution is 6.30. The third-order valence-corrected chi connectivity index (χ3v) is 2.77. The quantitative estimate of drug-likeness (QED) is 0.761. The molecule has 4 heteroatoms. The van der Waals surface area contributed by atoms with Crippen LogP contribution in [0.1, 0.15) is 31.2 Å². The number of aliphatic carboxylic acids is 1. The van der Waals surface area contributed by atoms with Crippen molar-refractivity contribution < 1.29 is 14.6 Å². The number of benzene rings is 1. The Morgan fingerprint density at radius 2 is 2.29 bits per heavy atom. The van der Waals surface area contributed by atoms with Crippen molar-refractivity contribution in [3.8, 4) is 0 Å². The molecule has 0 radical (unpaired) electrons. The number of carboxylic acid groups (broad SMARTS) is 1. The van der Waals surface area contributed by atoms with Crippen molar-refractivity contribution in [1.82, 2.24) is 0 Å². The highest BCUT2D eigenvalue weighted by Crippen LogP contribution is 2.24. The molecule has 1 atom stereocenters. The predicted octanol–water partition coefficient (Wildman–Crippen LogP) is 3.32. The van der Waals surface area contributed by atoms with Crippen LogP contribution in [0.3, 0.4) is 0 Å². The van der Waals surface area contributed by atoms with Gasteiger partial charge in [-0.25, -0.2) is 0 Å². The summed E-state index contributed by atoms with van der Waals surface area (Å²) in [5, 5.41) is 9.76. The van der Waals surface area contributed by atoms with Crippen LogP contribution in [0.25, 0.3) is 0 Å². The summed E-state index contributed by atoms with van der Waals surface area (Å²) in [7, 11) is 0. The Balaban J connectivity index is 2.63. The molecule has 0 bridgehead atoms. The van der Waals surface area contributed by atoms with Crippen LogP contribution in [-0.2, 0) is 9.53 Å². The zero-order valence-corrected chi connectivity index (χ0v) is 10.6. The van der Waals surface area contributed by atoms with Crippen LogP contribution in [0.2, 0.25) is 5.02 Å². The number of carbonyl (C=O) groups is 1. The average Bonchev–Trinajstić information content (AvgIpc) is 2.28. The van der Waals surface area contributed by atoms with Crippen molar-refractivity contribution in [3.63, 3.8) is 0 Å². The van der Waals surface area contributed by atoms with Crippen molar-refractivity contribution in [3.05, 3.63) is 34.9 Å². The first-order chi connectivity index (χ1) is 8.15. The monoisotopic (exact) mass is 256 g/mol. The fourth-order valence-corrected chi connectivity index (χ4v) is 1.89. The molecule has 3 nitrogen and oxygen atoms in total. The Kier molecular flexibility index (Phi) is 6.01. The number of halogens is 1. The van der Waals surface area contributed by atoms with Gasteiger partial charge in [-0.05, 0) is 37.5 Å². The van der Waals surface area contributed by atoms with E-state index in [4.69, 9.17) is 16.3 Å². The average molecular weight is 257 g/mol. The minimum Gasteiger partial charge on any atom is -0.481 e. The van der Waals surface area contributed by atoms with Crippen molar-refractivity contribution >= 4 is 17.6 Å². The fraction of sp³-hybridized carbons (Fsp3) is 0.462. The number of rotatable bonds is 7. The molecule has 0 fully saturated rings. The second kappa shape index (κ2) is 7.30. The molecule has 0 saturated heterocycles. The Bertz CT molecular complexity index is 365. The molecular weight excluding hydrogens is 240 g/mol. The Labute approximate surface area is 106 Å². The predicted molar refractivity (Wildman–Crippen MR) is 67.6 cm³/mol. The third-order valence-electron chi connectivity index (χ3n) is 2.53. The van der Waals surface area contributed by atoms with Crippen molar-refractivity contribution in [2.24, 2.45) is 0 Å². The van der Waals surface area contributed by atoms with Gasteiger partial charge in [-0.2, -0.15) is 0 Å². The van der Waals surface area contributed by atoms with E-state index in [0.717, 1.165) is 12.0 Å². The van der Waals surface area contributed by atoms with Gasteiger partial charge in [0.15, 0.2) is 0 Å². The van der Waals surface area contributed by atoms with E-state index in [1.54, 1.807) is 24.3 Å². The minimum absolute atomic E-state index is 0.505. The summed E-state index contributed by atoms with van der Waals surface area (Å²) in [6.07, 6.45) is 1.30. The Morgan fingerprint density at radius 3 is 2.88 bits per heavy atom. The topological polar surface area (TPSA) is 46.5 Å². The maximum absolute atomic E-state index is 11.2. The summed E-state index contributed by atoms with van der Waals surface area (Å²) in [5.41, 5.74) is 0.751. The molecule has 1 aromatic rings. The van der Waals surface area contributed by atoms with Gasteiger partial charge in [-0.1, -0.05) is 23.7 Å². The van der Waals surface area contributed by atoms with Gasteiger partial charge in [-0.3, -0.25) is 4.79 Å². The lowest BCUT2D eigenvalue weighted by atomic mass is 9.94. The van der Waals surface area contributed by atoms with Gasteiger partial charge < -0.3 is 9.84 Å². The number of carboxylic acids is 1. The maximum Gasteiger partial charge on any atom is 0.310 e. The zero-order valence-electron chi connectivity index (χ0n) is 9.86. The lowest BCUT2D eigenvalue weighted by Gasteiger charge is -2.12. The normalized spacial score (nSPS) is 12.4. The number of hydrogen-bond donors (Lipinski definition) is 1. The molecule has 0 spiro atoms. The standard InChI is InChI=1S/C13H17ClO3/c1-2-17-8-4-7-12(13(15)16)10-5-3-6-11(14)9-10/h3,5-6,9,12H,2,4,7-8H2,1H3,(H,15,16). The minimum atomic E-state index is -0.816. The molecule has 0 aromatic heterocycles. The molecule has 17 heavy (non-hydrogen) atoms. The van der Waals surface area contributed by atoms with E-state index in [1.165, 1.54) is 0 Å². The van der Waals surface area contributed by atoms with Crippen molar-refractivity contribution in [2.45, 2.75) is 25.7 Å². The smallest absolute Gasteiger partial charge is 0.310 e. The van der Waals surface area contributed by atoms with Gasteiger partial charge >= 0.3 is 5.97 Å². The molecule has 1 rings (SSSR count). The summed E-state index contributed by atoms with van der Waals surface area (Å²) in [6, 6.07) is 7.02. The second-order valence-corrected chi connectivity index (χ2v) is 4.22. The van der Waals surface area contributed by atoms with Gasteiger partial charge in [0.25, 0.3) is 0 Å². The summed E-state index contributed by atoms with van der Waals surface area (Å²) in [6.45, 7) is 3.18. The van der Waals surface area contributed by atoms with Crippen LogP contribution in [0.4, 0.5) is 0 Å². The molecule has 0 aliphatic heterocycles. The van der Waals surface area contributed by atoms with E-state index in [0.29, 0.717) is 24.7 Å². The van der Waals surface area contributed by atoms with Gasteiger partial charge in [0, 0.05) is 18.2 Å². The molecule has 94 valence electrons.